The van der Waals surface area contributed by atoms with Crippen LogP contribution in [-0.4, -0.2) is 62.8 Å². The summed E-state index contributed by atoms with van der Waals surface area (Å²) in [5.41, 5.74) is 1.06. The molecule has 2 heterocycles. The first-order valence-corrected chi connectivity index (χ1v) is 11.1. The Kier molecular flexibility index (Phi) is 8.04. The Morgan fingerprint density at radius 2 is 1.90 bits per heavy atom. The van der Waals surface area contributed by atoms with Crippen LogP contribution in [0.4, 0.5) is 4.79 Å². The van der Waals surface area contributed by atoms with Crippen molar-refractivity contribution in [2.45, 2.75) is 51.5 Å². The number of likely N-dealkylation sites (tertiary alicyclic amines) is 2. The molecular weight excluding hydrogens is 366 g/mol. The molecule has 0 aliphatic carbocycles. The highest BCUT2D eigenvalue weighted by Crippen LogP contribution is 2.38. The van der Waals surface area contributed by atoms with Gasteiger partial charge in [-0.3, -0.25) is 0 Å². The van der Waals surface area contributed by atoms with Crippen molar-refractivity contribution in [3.8, 4) is 11.5 Å². The first-order valence-electron chi connectivity index (χ1n) is 11.1. The second-order valence-corrected chi connectivity index (χ2v) is 8.42. The molecule has 1 atom stereocenters. The normalized spacial score (nSPS) is 20.7. The topological polar surface area (TPSA) is 54.0 Å². The Bertz CT molecular complexity index is 659. The van der Waals surface area contributed by atoms with Crippen LogP contribution in [-0.2, 0) is 0 Å². The van der Waals surface area contributed by atoms with Gasteiger partial charge in [0.15, 0.2) is 0 Å². The number of carbonyl (C=O) groups is 1. The van der Waals surface area contributed by atoms with E-state index in [9.17, 15) is 4.79 Å². The highest BCUT2D eigenvalue weighted by molar-refractivity contribution is 5.75. The molecule has 2 aliphatic heterocycles. The summed E-state index contributed by atoms with van der Waals surface area (Å²) in [6, 6.07) is 5.95. The summed E-state index contributed by atoms with van der Waals surface area (Å²) in [5.74, 6) is 2.43. The van der Waals surface area contributed by atoms with E-state index in [1.165, 1.54) is 25.9 Å². The van der Waals surface area contributed by atoms with E-state index in [2.05, 4.69) is 17.1 Å². The molecule has 6 heteroatoms. The van der Waals surface area contributed by atoms with Crippen molar-refractivity contribution >= 4 is 6.03 Å². The fourth-order valence-corrected chi connectivity index (χ4v) is 4.47. The molecule has 2 fully saturated rings. The predicted molar refractivity (Wildman–Crippen MR) is 116 cm³/mol. The lowest BCUT2D eigenvalue weighted by Crippen LogP contribution is -2.40. The molecule has 0 aromatic heterocycles. The molecule has 0 saturated carbocycles. The van der Waals surface area contributed by atoms with E-state index in [0.29, 0.717) is 0 Å². The number of nitrogens with one attached hydrogen (secondary N) is 1. The number of hydrogen-bond donors (Lipinski definition) is 1. The highest BCUT2D eigenvalue weighted by Gasteiger charge is 2.31. The first-order chi connectivity index (χ1) is 14.1. The maximum absolute atomic E-state index is 12.8. The Balaban J connectivity index is 1.45. The number of methoxy groups -OCH3 is 2. The molecule has 2 aliphatic rings. The van der Waals surface area contributed by atoms with Crippen LogP contribution in [0.1, 0.15) is 57.1 Å². The molecule has 6 nitrogen and oxygen atoms in total. The molecule has 1 aromatic rings. The lowest BCUT2D eigenvalue weighted by Gasteiger charge is -2.30. The minimum atomic E-state index is 0.0390. The highest BCUT2D eigenvalue weighted by atomic mass is 16.5. The van der Waals surface area contributed by atoms with Crippen molar-refractivity contribution in [1.29, 1.82) is 0 Å². The van der Waals surface area contributed by atoms with Crippen molar-refractivity contribution in [3.05, 3.63) is 23.8 Å². The zero-order valence-corrected chi connectivity index (χ0v) is 18.3. The van der Waals surface area contributed by atoms with Crippen LogP contribution in [0.3, 0.4) is 0 Å². The molecule has 1 unspecified atom stereocenters. The van der Waals surface area contributed by atoms with E-state index in [4.69, 9.17) is 9.47 Å². The van der Waals surface area contributed by atoms with E-state index < -0.39 is 0 Å². The number of nitrogens with zero attached hydrogens (tertiary/aromatic N) is 2. The molecule has 3 rings (SSSR count). The van der Waals surface area contributed by atoms with Gasteiger partial charge in [0.1, 0.15) is 11.5 Å². The van der Waals surface area contributed by atoms with Gasteiger partial charge in [-0.15, -0.1) is 0 Å². The molecule has 29 heavy (non-hydrogen) atoms. The second kappa shape index (κ2) is 10.7. The van der Waals surface area contributed by atoms with Crippen molar-refractivity contribution in [2.75, 3.05) is 46.9 Å². The number of urea groups is 1. The standard InChI is InChI=1S/C23H37N3O3/c1-18-10-15-25(16-11-18)13-5-4-12-24-23(27)26-14-6-7-21(26)20-9-8-19(28-2)17-22(20)29-3/h8-9,17-18,21H,4-7,10-16H2,1-3H3,(H,24,27). The molecule has 0 radical (unpaired) electrons. The quantitative estimate of drug-likeness (QED) is 0.665. The second-order valence-electron chi connectivity index (χ2n) is 8.42. The van der Waals surface area contributed by atoms with Gasteiger partial charge in [-0.05, 0) is 76.2 Å². The van der Waals surface area contributed by atoms with Crippen LogP contribution in [0.15, 0.2) is 18.2 Å². The van der Waals surface area contributed by atoms with Crippen molar-refractivity contribution in [3.63, 3.8) is 0 Å². The van der Waals surface area contributed by atoms with E-state index in [-0.39, 0.29) is 12.1 Å². The summed E-state index contributed by atoms with van der Waals surface area (Å²) >= 11 is 0. The van der Waals surface area contributed by atoms with Gasteiger partial charge in [-0.25, -0.2) is 4.79 Å². The molecule has 1 N–H and O–H groups in total. The zero-order chi connectivity index (χ0) is 20.6. The Morgan fingerprint density at radius 1 is 1.10 bits per heavy atom. The molecule has 162 valence electrons. The van der Waals surface area contributed by atoms with Gasteiger partial charge in [0.2, 0.25) is 0 Å². The predicted octanol–water partition coefficient (Wildman–Crippen LogP) is 4.06. The Morgan fingerprint density at radius 3 is 2.62 bits per heavy atom. The summed E-state index contributed by atoms with van der Waals surface area (Å²) < 4.78 is 10.9. The van der Waals surface area contributed by atoms with Crippen LogP contribution >= 0.6 is 0 Å². The summed E-state index contributed by atoms with van der Waals surface area (Å²) in [7, 11) is 3.32. The number of unbranched alkanes of at least 4 members (excludes halogenated alkanes) is 1. The largest absolute Gasteiger partial charge is 0.497 e. The Hall–Kier alpha value is -1.95. The van der Waals surface area contributed by atoms with Gasteiger partial charge in [0.05, 0.1) is 20.3 Å². The number of carbonyl (C=O) groups excluding carboxylic acids is 1. The van der Waals surface area contributed by atoms with Gasteiger partial charge in [0, 0.05) is 24.7 Å². The number of benzene rings is 1. The minimum Gasteiger partial charge on any atom is -0.497 e. The molecular formula is C23H37N3O3. The van der Waals surface area contributed by atoms with Crippen molar-refractivity contribution in [1.82, 2.24) is 15.1 Å². The maximum Gasteiger partial charge on any atom is 0.317 e. The van der Waals surface area contributed by atoms with E-state index in [1.807, 2.05) is 23.1 Å². The number of ether oxygens (including phenoxy) is 2. The van der Waals surface area contributed by atoms with Crippen LogP contribution in [0.25, 0.3) is 0 Å². The number of piperidine rings is 1. The van der Waals surface area contributed by atoms with Gasteiger partial charge in [-0.2, -0.15) is 0 Å². The lowest BCUT2D eigenvalue weighted by atomic mass is 9.99. The van der Waals surface area contributed by atoms with Gasteiger partial charge >= 0.3 is 6.03 Å². The van der Waals surface area contributed by atoms with Gasteiger partial charge < -0.3 is 24.6 Å². The van der Waals surface area contributed by atoms with Crippen LogP contribution in [0.2, 0.25) is 0 Å². The molecule has 0 bridgehead atoms. The van der Waals surface area contributed by atoms with Crippen LogP contribution in [0, 0.1) is 5.92 Å². The third-order valence-electron chi connectivity index (χ3n) is 6.37. The fraction of sp³-hybridized carbons (Fsp3) is 0.696. The fourth-order valence-electron chi connectivity index (χ4n) is 4.47. The molecule has 2 amide bonds. The average molecular weight is 404 g/mol. The first kappa shape index (κ1) is 21.8. The third-order valence-corrected chi connectivity index (χ3v) is 6.37. The number of amides is 2. The lowest BCUT2D eigenvalue weighted by molar-refractivity contribution is 0.185. The molecule has 0 spiro atoms. The smallest absolute Gasteiger partial charge is 0.317 e. The molecule has 1 aromatic carbocycles. The molecule has 2 saturated heterocycles. The van der Waals surface area contributed by atoms with Gasteiger partial charge in [-0.1, -0.05) is 6.92 Å². The van der Waals surface area contributed by atoms with Crippen LogP contribution in [0.5, 0.6) is 11.5 Å². The summed E-state index contributed by atoms with van der Waals surface area (Å²) in [5, 5.41) is 3.13. The minimum absolute atomic E-state index is 0.0390. The van der Waals surface area contributed by atoms with Crippen molar-refractivity contribution < 1.29 is 14.3 Å². The SMILES string of the molecule is COc1ccc(C2CCCN2C(=O)NCCCCN2CCC(C)CC2)c(OC)c1. The summed E-state index contributed by atoms with van der Waals surface area (Å²) in [6.07, 6.45) is 6.79. The van der Waals surface area contributed by atoms with Crippen LogP contribution < -0.4 is 14.8 Å². The average Bonchev–Trinajstić information content (AvgIpc) is 3.24. The maximum atomic E-state index is 12.8. The number of rotatable bonds is 8. The van der Waals surface area contributed by atoms with Gasteiger partial charge in [0.25, 0.3) is 0 Å². The number of hydrogen-bond acceptors (Lipinski definition) is 4. The zero-order valence-electron chi connectivity index (χ0n) is 18.3. The summed E-state index contributed by atoms with van der Waals surface area (Å²) in [4.78, 5) is 17.3. The van der Waals surface area contributed by atoms with Crippen molar-refractivity contribution in [2.24, 2.45) is 5.92 Å². The van der Waals surface area contributed by atoms with E-state index in [1.54, 1.807) is 14.2 Å². The van der Waals surface area contributed by atoms with E-state index >= 15 is 0 Å². The monoisotopic (exact) mass is 403 g/mol. The Labute approximate surface area is 175 Å². The summed E-state index contributed by atoms with van der Waals surface area (Å²) in [6.45, 7) is 7.49. The van der Waals surface area contributed by atoms with E-state index in [0.717, 1.165) is 68.3 Å². The third kappa shape index (κ3) is 5.78.